The third kappa shape index (κ3) is 4.27. The summed E-state index contributed by atoms with van der Waals surface area (Å²) in [5.41, 5.74) is 2.40. The van der Waals surface area contributed by atoms with Crippen LogP contribution in [-0.4, -0.2) is 29.5 Å². The van der Waals surface area contributed by atoms with Gasteiger partial charge in [-0.25, -0.2) is 0 Å². The minimum atomic E-state index is 0.0308. The first-order valence-electron chi connectivity index (χ1n) is 6.84. The number of rotatable bonds is 5. The van der Waals surface area contributed by atoms with Crippen molar-refractivity contribution in [3.8, 4) is 5.75 Å². The van der Waals surface area contributed by atoms with Gasteiger partial charge in [0, 0.05) is 12.1 Å². The van der Waals surface area contributed by atoms with Crippen molar-refractivity contribution >= 4 is 5.91 Å². The van der Waals surface area contributed by atoms with E-state index < -0.39 is 0 Å². The Morgan fingerprint density at radius 1 is 1.11 bits per heavy atom. The van der Waals surface area contributed by atoms with Gasteiger partial charge in [-0.05, 0) is 64.8 Å². The van der Waals surface area contributed by atoms with Crippen molar-refractivity contribution in [2.75, 3.05) is 6.61 Å². The first-order chi connectivity index (χ1) is 8.82. The van der Waals surface area contributed by atoms with Gasteiger partial charge in [-0.15, -0.1) is 0 Å². The third-order valence-electron chi connectivity index (χ3n) is 3.24. The monoisotopic (exact) mass is 263 g/mol. The Hall–Kier alpha value is -1.51. The molecule has 0 aliphatic carbocycles. The molecule has 0 heterocycles. The molecule has 0 radical (unpaired) electrons. The molecule has 0 saturated carbocycles. The van der Waals surface area contributed by atoms with Crippen LogP contribution in [0, 0.1) is 13.8 Å². The number of aryl methyl sites for hydroxylation is 2. The van der Waals surface area contributed by atoms with Gasteiger partial charge in [0.25, 0.3) is 5.91 Å². The van der Waals surface area contributed by atoms with Crippen LogP contribution in [0.25, 0.3) is 0 Å². The molecule has 0 atom stereocenters. The van der Waals surface area contributed by atoms with E-state index in [2.05, 4.69) is 6.92 Å². The van der Waals surface area contributed by atoms with E-state index in [0.717, 1.165) is 5.75 Å². The van der Waals surface area contributed by atoms with E-state index in [0.29, 0.717) is 0 Å². The van der Waals surface area contributed by atoms with Crippen molar-refractivity contribution in [3.05, 3.63) is 29.3 Å². The molecule has 3 nitrogen and oxygen atoms in total. The van der Waals surface area contributed by atoms with E-state index in [4.69, 9.17) is 4.74 Å². The molecular weight excluding hydrogens is 238 g/mol. The SMILES string of the molecule is Cc1ccc(OCC(=O)N(C(C)C)C(C)C)cc1C. The highest BCUT2D eigenvalue weighted by molar-refractivity contribution is 5.78. The summed E-state index contributed by atoms with van der Waals surface area (Å²) < 4.78 is 5.59. The lowest BCUT2D eigenvalue weighted by Gasteiger charge is -2.30. The Morgan fingerprint density at radius 2 is 1.68 bits per heavy atom. The van der Waals surface area contributed by atoms with Gasteiger partial charge in [-0.1, -0.05) is 6.07 Å². The Bertz CT molecular complexity index is 430. The van der Waals surface area contributed by atoms with E-state index >= 15 is 0 Å². The molecule has 0 aliphatic rings. The molecule has 0 saturated heterocycles. The quantitative estimate of drug-likeness (QED) is 0.815. The molecular formula is C16H25NO2. The van der Waals surface area contributed by atoms with Crippen LogP contribution in [-0.2, 0) is 4.79 Å². The minimum Gasteiger partial charge on any atom is -0.484 e. The largest absolute Gasteiger partial charge is 0.484 e. The topological polar surface area (TPSA) is 29.5 Å². The van der Waals surface area contributed by atoms with Crippen molar-refractivity contribution in [3.63, 3.8) is 0 Å². The first-order valence-corrected chi connectivity index (χ1v) is 6.84. The Morgan fingerprint density at radius 3 is 2.16 bits per heavy atom. The number of amides is 1. The van der Waals surface area contributed by atoms with Gasteiger partial charge in [0.1, 0.15) is 5.75 Å². The highest BCUT2D eigenvalue weighted by Gasteiger charge is 2.20. The molecule has 0 bridgehead atoms. The second-order valence-electron chi connectivity index (χ2n) is 5.52. The minimum absolute atomic E-state index is 0.0308. The van der Waals surface area contributed by atoms with Crippen molar-refractivity contribution in [2.45, 2.75) is 53.6 Å². The number of carbonyl (C=O) groups excluding carboxylic acids is 1. The lowest BCUT2D eigenvalue weighted by atomic mass is 10.1. The van der Waals surface area contributed by atoms with Crippen molar-refractivity contribution in [1.29, 1.82) is 0 Å². The summed E-state index contributed by atoms with van der Waals surface area (Å²) in [6.07, 6.45) is 0. The summed E-state index contributed by atoms with van der Waals surface area (Å²) >= 11 is 0. The van der Waals surface area contributed by atoms with Crippen LogP contribution in [0.3, 0.4) is 0 Å². The standard InChI is InChI=1S/C16H25NO2/c1-11(2)17(12(3)4)16(18)10-19-15-8-7-13(5)14(6)9-15/h7-9,11-12H,10H2,1-6H3. The molecule has 0 spiro atoms. The van der Waals surface area contributed by atoms with E-state index in [9.17, 15) is 4.79 Å². The summed E-state index contributed by atoms with van der Waals surface area (Å²) in [7, 11) is 0. The molecule has 1 amide bonds. The van der Waals surface area contributed by atoms with E-state index in [1.54, 1.807) is 0 Å². The highest BCUT2D eigenvalue weighted by Crippen LogP contribution is 2.16. The van der Waals surface area contributed by atoms with Crippen molar-refractivity contribution in [2.24, 2.45) is 0 Å². The van der Waals surface area contributed by atoms with Gasteiger partial charge in [0.15, 0.2) is 6.61 Å². The zero-order valence-corrected chi connectivity index (χ0v) is 12.9. The number of hydrogen-bond donors (Lipinski definition) is 0. The fourth-order valence-corrected chi connectivity index (χ4v) is 2.20. The summed E-state index contributed by atoms with van der Waals surface area (Å²) in [6, 6.07) is 6.27. The zero-order chi connectivity index (χ0) is 14.6. The molecule has 1 rings (SSSR count). The molecule has 3 heteroatoms. The van der Waals surface area contributed by atoms with Crippen LogP contribution >= 0.6 is 0 Å². The fraction of sp³-hybridized carbons (Fsp3) is 0.562. The Balaban J connectivity index is 2.65. The van der Waals surface area contributed by atoms with Gasteiger partial charge in [0.2, 0.25) is 0 Å². The molecule has 19 heavy (non-hydrogen) atoms. The van der Waals surface area contributed by atoms with E-state index in [-0.39, 0.29) is 24.6 Å². The first kappa shape index (κ1) is 15.5. The summed E-state index contributed by atoms with van der Waals surface area (Å²) in [4.78, 5) is 14.0. The summed E-state index contributed by atoms with van der Waals surface area (Å²) in [5, 5.41) is 0. The lowest BCUT2D eigenvalue weighted by molar-refractivity contribution is -0.136. The predicted molar refractivity (Wildman–Crippen MR) is 78.5 cm³/mol. The Kier molecular flexibility index (Phi) is 5.40. The number of ether oxygens (including phenoxy) is 1. The van der Waals surface area contributed by atoms with Gasteiger partial charge in [-0.2, -0.15) is 0 Å². The second-order valence-corrected chi connectivity index (χ2v) is 5.52. The normalized spacial score (nSPS) is 10.9. The second kappa shape index (κ2) is 6.60. The van der Waals surface area contributed by atoms with Crippen LogP contribution in [0.1, 0.15) is 38.8 Å². The third-order valence-corrected chi connectivity index (χ3v) is 3.24. The number of hydrogen-bond acceptors (Lipinski definition) is 2. The van der Waals surface area contributed by atoms with Crippen molar-refractivity contribution < 1.29 is 9.53 Å². The number of nitrogens with zero attached hydrogens (tertiary/aromatic N) is 1. The smallest absolute Gasteiger partial charge is 0.260 e. The van der Waals surface area contributed by atoms with Gasteiger partial charge >= 0.3 is 0 Å². The Labute approximate surface area is 116 Å². The number of carbonyl (C=O) groups is 1. The van der Waals surface area contributed by atoms with Gasteiger partial charge in [0.05, 0.1) is 0 Å². The molecule has 0 aromatic heterocycles. The van der Waals surface area contributed by atoms with E-state index in [1.807, 2.05) is 57.7 Å². The van der Waals surface area contributed by atoms with Crippen LogP contribution in [0.15, 0.2) is 18.2 Å². The highest BCUT2D eigenvalue weighted by atomic mass is 16.5. The molecule has 0 fully saturated rings. The average molecular weight is 263 g/mol. The van der Waals surface area contributed by atoms with Crippen LogP contribution in [0.5, 0.6) is 5.75 Å². The molecule has 1 aromatic rings. The molecule has 0 N–H and O–H groups in total. The summed E-state index contributed by atoms with van der Waals surface area (Å²) in [5.74, 6) is 0.784. The maximum Gasteiger partial charge on any atom is 0.260 e. The maximum absolute atomic E-state index is 12.2. The average Bonchev–Trinajstić information content (AvgIpc) is 2.29. The zero-order valence-electron chi connectivity index (χ0n) is 12.9. The predicted octanol–water partition coefficient (Wildman–Crippen LogP) is 3.33. The van der Waals surface area contributed by atoms with Crippen LogP contribution < -0.4 is 4.74 Å². The number of benzene rings is 1. The molecule has 0 unspecified atom stereocenters. The molecule has 106 valence electrons. The van der Waals surface area contributed by atoms with Crippen LogP contribution in [0.2, 0.25) is 0 Å². The molecule has 0 aliphatic heterocycles. The molecule has 1 aromatic carbocycles. The van der Waals surface area contributed by atoms with Crippen molar-refractivity contribution in [1.82, 2.24) is 4.90 Å². The fourth-order valence-electron chi connectivity index (χ4n) is 2.20. The summed E-state index contributed by atoms with van der Waals surface area (Å²) in [6.45, 7) is 12.3. The van der Waals surface area contributed by atoms with E-state index in [1.165, 1.54) is 11.1 Å². The van der Waals surface area contributed by atoms with Crippen LogP contribution in [0.4, 0.5) is 0 Å². The van der Waals surface area contributed by atoms with Gasteiger partial charge < -0.3 is 9.64 Å². The lowest BCUT2D eigenvalue weighted by Crippen LogP contribution is -2.44. The maximum atomic E-state index is 12.2. The van der Waals surface area contributed by atoms with Gasteiger partial charge in [-0.3, -0.25) is 4.79 Å².